The molecule has 0 heterocycles. The summed E-state index contributed by atoms with van der Waals surface area (Å²) in [5.41, 5.74) is 5.76. The third kappa shape index (κ3) is 3.21. The van der Waals surface area contributed by atoms with Gasteiger partial charge in [-0.2, -0.15) is 0 Å². The van der Waals surface area contributed by atoms with Gasteiger partial charge in [0.25, 0.3) is 0 Å². The van der Waals surface area contributed by atoms with Gasteiger partial charge in [-0.05, 0) is 42.5 Å². The van der Waals surface area contributed by atoms with Crippen molar-refractivity contribution in [3.05, 3.63) is 48.3 Å². The molecule has 0 fully saturated rings. The highest BCUT2D eigenvalue weighted by Gasteiger charge is 2.16. The smallest absolute Gasteiger partial charge is 0.241 e. The third-order valence-corrected chi connectivity index (χ3v) is 3.25. The zero-order valence-corrected chi connectivity index (χ0v) is 10.5. The molecule has 2 rings (SSSR count). The monoisotopic (exact) mass is 282 g/mol. The molecule has 0 unspecified atom stereocenters. The summed E-state index contributed by atoms with van der Waals surface area (Å²) in [7, 11) is -3.96. The van der Waals surface area contributed by atoms with Crippen LogP contribution >= 0.6 is 0 Å². The Morgan fingerprint density at radius 3 is 2.26 bits per heavy atom. The van der Waals surface area contributed by atoms with E-state index in [1.807, 2.05) is 0 Å². The van der Waals surface area contributed by atoms with Crippen LogP contribution in [0.4, 0.5) is 10.1 Å². The lowest BCUT2D eigenvalue weighted by Gasteiger charge is -2.10. The predicted molar refractivity (Wildman–Crippen MR) is 68.7 cm³/mol. The molecule has 0 aromatic heterocycles. The Bertz CT molecular complexity index is 699. The van der Waals surface area contributed by atoms with Crippen LogP contribution in [0.15, 0.2) is 47.4 Å². The number of nitrogen functional groups attached to an aromatic ring is 1. The van der Waals surface area contributed by atoms with Crippen molar-refractivity contribution in [2.75, 3.05) is 5.73 Å². The van der Waals surface area contributed by atoms with Crippen LogP contribution in [-0.2, 0) is 10.0 Å². The van der Waals surface area contributed by atoms with E-state index in [4.69, 9.17) is 15.6 Å². The topological polar surface area (TPSA) is 95.4 Å². The van der Waals surface area contributed by atoms with Gasteiger partial charge in [0, 0.05) is 5.69 Å². The molecule has 0 amide bonds. The highest BCUT2D eigenvalue weighted by Crippen LogP contribution is 2.29. The molecule has 19 heavy (non-hydrogen) atoms. The fourth-order valence-electron chi connectivity index (χ4n) is 1.46. The fraction of sp³-hybridized carbons (Fsp3) is 0. The molecule has 5 nitrogen and oxygen atoms in total. The van der Waals surface area contributed by atoms with E-state index in [-0.39, 0.29) is 22.1 Å². The minimum Gasteiger partial charge on any atom is -0.456 e. The molecule has 0 spiro atoms. The summed E-state index contributed by atoms with van der Waals surface area (Å²) < 4.78 is 41.0. The fourth-order valence-corrected chi connectivity index (χ4v) is 2.15. The van der Waals surface area contributed by atoms with Crippen LogP contribution in [0.1, 0.15) is 0 Å². The molecule has 0 aliphatic carbocycles. The maximum atomic E-state index is 12.8. The van der Waals surface area contributed by atoms with Crippen molar-refractivity contribution in [1.29, 1.82) is 0 Å². The standard InChI is InChI=1S/C12H11FN2O3S/c13-8-1-4-10(5-2-8)18-11-6-3-9(14)7-12(11)19(15,16)17/h1-7H,14H2,(H2,15,16,17). The number of ether oxygens (including phenoxy) is 1. The van der Waals surface area contributed by atoms with Gasteiger partial charge < -0.3 is 10.5 Å². The molecule has 2 aromatic carbocycles. The van der Waals surface area contributed by atoms with Crippen molar-refractivity contribution in [1.82, 2.24) is 0 Å². The van der Waals surface area contributed by atoms with Crippen molar-refractivity contribution in [2.24, 2.45) is 5.14 Å². The number of nitrogens with two attached hydrogens (primary N) is 2. The first-order chi connectivity index (χ1) is 8.86. The van der Waals surface area contributed by atoms with Gasteiger partial charge in [0.15, 0.2) is 0 Å². The first kappa shape index (κ1) is 13.3. The van der Waals surface area contributed by atoms with E-state index in [0.29, 0.717) is 0 Å². The Hall–Kier alpha value is -2.12. The van der Waals surface area contributed by atoms with Gasteiger partial charge >= 0.3 is 0 Å². The van der Waals surface area contributed by atoms with E-state index in [1.54, 1.807) is 0 Å². The number of hydrogen-bond donors (Lipinski definition) is 2. The molecular weight excluding hydrogens is 271 g/mol. The molecule has 0 bridgehead atoms. The first-order valence-corrected chi connectivity index (χ1v) is 6.76. The summed E-state index contributed by atoms with van der Waals surface area (Å²) in [6.07, 6.45) is 0. The largest absolute Gasteiger partial charge is 0.456 e. The lowest BCUT2D eigenvalue weighted by atomic mass is 10.3. The van der Waals surface area contributed by atoms with Gasteiger partial charge in [0.2, 0.25) is 10.0 Å². The summed E-state index contributed by atoms with van der Waals surface area (Å²) in [5, 5.41) is 5.08. The normalized spacial score (nSPS) is 11.3. The van der Waals surface area contributed by atoms with E-state index in [9.17, 15) is 12.8 Å². The molecule has 0 radical (unpaired) electrons. The second-order valence-corrected chi connectivity index (χ2v) is 5.34. The van der Waals surface area contributed by atoms with Crippen LogP contribution < -0.4 is 15.6 Å². The zero-order valence-electron chi connectivity index (χ0n) is 9.71. The minimum absolute atomic E-state index is 0.0308. The average Bonchev–Trinajstić information content (AvgIpc) is 2.33. The number of halogens is 1. The Balaban J connectivity index is 2.43. The third-order valence-electron chi connectivity index (χ3n) is 2.32. The lowest BCUT2D eigenvalue weighted by Crippen LogP contribution is -2.13. The van der Waals surface area contributed by atoms with Crippen LogP contribution in [0.25, 0.3) is 0 Å². The van der Waals surface area contributed by atoms with Gasteiger partial charge in [0.1, 0.15) is 22.2 Å². The van der Waals surface area contributed by atoms with Crippen molar-refractivity contribution in [3.63, 3.8) is 0 Å². The van der Waals surface area contributed by atoms with E-state index < -0.39 is 15.8 Å². The van der Waals surface area contributed by atoms with Gasteiger partial charge in [-0.3, -0.25) is 0 Å². The summed E-state index contributed by atoms with van der Waals surface area (Å²) in [4.78, 5) is -0.225. The number of primary sulfonamides is 1. The van der Waals surface area contributed by atoms with Crippen LogP contribution in [0.2, 0.25) is 0 Å². The van der Waals surface area contributed by atoms with Crippen LogP contribution in [0, 0.1) is 5.82 Å². The molecule has 0 saturated carbocycles. The molecule has 2 aromatic rings. The Kier molecular flexibility index (Phi) is 3.41. The molecule has 100 valence electrons. The van der Waals surface area contributed by atoms with Crippen molar-refractivity contribution >= 4 is 15.7 Å². The summed E-state index contributed by atoms with van der Waals surface area (Å²) in [6, 6.07) is 9.21. The molecule has 4 N–H and O–H groups in total. The van der Waals surface area contributed by atoms with Gasteiger partial charge in [-0.15, -0.1) is 0 Å². The molecule has 0 aliphatic rings. The van der Waals surface area contributed by atoms with Crippen molar-refractivity contribution in [2.45, 2.75) is 4.90 Å². The van der Waals surface area contributed by atoms with E-state index in [1.165, 1.54) is 42.5 Å². The lowest BCUT2D eigenvalue weighted by molar-refractivity contribution is 0.466. The second kappa shape index (κ2) is 4.87. The number of benzene rings is 2. The maximum absolute atomic E-state index is 12.8. The Labute approximate surface area is 109 Å². The molecule has 7 heteroatoms. The number of anilines is 1. The molecule has 0 atom stereocenters. The van der Waals surface area contributed by atoms with Crippen molar-refractivity contribution in [3.8, 4) is 11.5 Å². The molecule has 0 saturated heterocycles. The van der Waals surface area contributed by atoms with Crippen LogP contribution in [0.5, 0.6) is 11.5 Å². The number of rotatable bonds is 3. The van der Waals surface area contributed by atoms with Crippen molar-refractivity contribution < 1.29 is 17.5 Å². The highest BCUT2D eigenvalue weighted by atomic mass is 32.2. The number of hydrogen-bond acceptors (Lipinski definition) is 4. The minimum atomic E-state index is -3.96. The molecule has 0 aliphatic heterocycles. The Morgan fingerprint density at radius 2 is 1.68 bits per heavy atom. The van der Waals surface area contributed by atoms with E-state index in [2.05, 4.69) is 0 Å². The van der Waals surface area contributed by atoms with Gasteiger partial charge in [-0.1, -0.05) is 0 Å². The van der Waals surface area contributed by atoms with Gasteiger partial charge in [-0.25, -0.2) is 17.9 Å². The SMILES string of the molecule is Nc1ccc(Oc2ccc(F)cc2)c(S(N)(=O)=O)c1. The maximum Gasteiger partial charge on any atom is 0.241 e. The molecular formula is C12H11FN2O3S. The van der Waals surface area contributed by atoms with Crippen LogP contribution in [-0.4, -0.2) is 8.42 Å². The quantitative estimate of drug-likeness (QED) is 0.840. The zero-order chi connectivity index (χ0) is 14.0. The Morgan fingerprint density at radius 1 is 1.05 bits per heavy atom. The summed E-state index contributed by atoms with van der Waals surface area (Å²) in [5.74, 6) is -0.101. The summed E-state index contributed by atoms with van der Waals surface area (Å²) in [6.45, 7) is 0. The van der Waals surface area contributed by atoms with Crippen LogP contribution in [0.3, 0.4) is 0 Å². The van der Waals surface area contributed by atoms with Gasteiger partial charge in [0.05, 0.1) is 0 Å². The first-order valence-electron chi connectivity index (χ1n) is 5.22. The second-order valence-electron chi connectivity index (χ2n) is 3.81. The highest BCUT2D eigenvalue weighted by molar-refractivity contribution is 7.89. The number of sulfonamides is 1. The summed E-state index contributed by atoms with van der Waals surface area (Å²) >= 11 is 0. The van der Waals surface area contributed by atoms with E-state index in [0.717, 1.165) is 0 Å². The van der Waals surface area contributed by atoms with E-state index >= 15 is 0 Å². The average molecular weight is 282 g/mol. The predicted octanol–water partition coefficient (Wildman–Crippen LogP) is 1.85.